The van der Waals surface area contributed by atoms with Crippen LogP contribution in [0, 0.1) is 6.92 Å². The second-order valence-corrected chi connectivity index (χ2v) is 3.14. The fourth-order valence-corrected chi connectivity index (χ4v) is 1.22. The highest BCUT2D eigenvalue weighted by Crippen LogP contribution is 2.15. The van der Waals surface area contributed by atoms with Gasteiger partial charge in [-0.25, -0.2) is 9.78 Å². The summed E-state index contributed by atoms with van der Waals surface area (Å²) in [6.07, 6.45) is 1.70. The molecule has 0 aliphatic carbocycles. The van der Waals surface area contributed by atoms with Gasteiger partial charge in [-0.2, -0.15) is 0 Å². The van der Waals surface area contributed by atoms with Crippen LogP contribution in [-0.2, 0) is 0 Å². The summed E-state index contributed by atoms with van der Waals surface area (Å²) < 4.78 is 4.89. The van der Waals surface area contributed by atoms with Crippen LogP contribution in [0.15, 0.2) is 27.5 Å². The molecule has 0 bridgehead atoms. The van der Waals surface area contributed by atoms with E-state index in [0.29, 0.717) is 11.5 Å². The number of H-pyrrole nitrogens is 1. The van der Waals surface area contributed by atoms with Gasteiger partial charge in [-0.15, -0.1) is 0 Å². The first kappa shape index (κ1) is 9.02. The van der Waals surface area contributed by atoms with Crippen molar-refractivity contribution < 1.29 is 4.42 Å². The summed E-state index contributed by atoms with van der Waals surface area (Å²) in [5.41, 5.74) is 0.306. The molecule has 2 rings (SSSR count). The van der Waals surface area contributed by atoms with Gasteiger partial charge in [-0.3, -0.25) is 0 Å². The fourth-order valence-electron chi connectivity index (χ4n) is 1.10. The number of aromatic amines is 1. The molecule has 0 saturated heterocycles. The molecule has 0 saturated carbocycles. The Labute approximate surface area is 84.6 Å². The topological polar surface area (TPSA) is 58.9 Å². The summed E-state index contributed by atoms with van der Waals surface area (Å²) >= 11 is 5.75. The van der Waals surface area contributed by atoms with Gasteiger partial charge < -0.3 is 9.40 Å². The van der Waals surface area contributed by atoms with Crippen LogP contribution in [0.1, 0.15) is 5.76 Å². The van der Waals surface area contributed by atoms with E-state index >= 15 is 0 Å². The van der Waals surface area contributed by atoms with Crippen molar-refractivity contribution in [2.75, 3.05) is 0 Å². The van der Waals surface area contributed by atoms with Gasteiger partial charge in [-0.1, -0.05) is 11.6 Å². The number of rotatable bonds is 1. The molecule has 0 atom stereocenters. The Morgan fingerprint density at radius 1 is 1.57 bits per heavy atom. The Bertz CT molecular complexity index is 502. The summed E-state index contributed by atoms with van der Waals surface area (Å²) in [5.74, 6) is 0.326. The van der Waals surface area contributed by atoms with E-state index in [4.69, 9.17) is 16.0 Å². The average molecular weight is 211 g/mol. The van der Waals surface area contributed by atoms with Crippen LogP contribution >= 0.6 is 11.6 Å². The molecule has 0 aliphatic heterocycles. The minimum absolute atomic E-state index is 0.200. The van der Waals surface area contributed by atoms with Crippen molar-refractivity contribution in [3.05, 3.63) is 39.7 Å². The van der Waals surface area contributed by atoms with Crippen molar-refractivity contribution in [1.29, 1.82) is 0 Å². The molecule has 0 aromatic carbocycles. The Balaban J connectivity index is 2.66. The first-order valence-corrected chi connectivity index (χ1v) is 4.37. The smallest absolute Gasteiger partial charge is 0.364 e. The maximum absolute atomic E-state index is 11.4. The zero-order valence-corrected chi connectivity index (χ0v) is 8.13. The quantitative estimate of drug-likeness (QED) is 0.783. The summed E-state index contributed by atoms with van der Waals surface area (Å²) in [5, 5.41) is 0.203. The van der Waals surface area contributed by atoms with E-state index in [9.17, 15) is 4.79 Å². The van der Waals surface area contributed by atoms with Gasteiger partial charge in [0.05, 0.1) is 5.69 Å². The Hall–Kier alpha value is -1.55. The minimum Gasteiger partial charge on any atom is -0.423 e. The second kappa shape index (κ2) is 3.31. The highest BCUT2D eigenvalue weighted by molar-refractivity contribution is 6.29. The number of hydrogen-bond donors (Lipinski definition) is 1. The van der Waals surface area contributed by atoms with Gasteiger partial charge in [-0.05, 0) is 19.1 Å². The van der Waals surface area contributed by atoms with E-state index in [1.807, 2.05) is 0 Å². The average Bonchev–Trinajstić information content (AvgIpc) is 2.64. The molecule has 1 N–H and O–H groups in total. The molecule has 2 aromatic heterocycles. The van der Waals surface area contributed by atoms with E-state index in [1.54, 1.807) is 25.3 Å². The van der Waals surface area contributed by atoms with E-state index in [1.165, 1.54) is 0 Å². The summed E-state index contributed by atoms with van der Waals surface area (Å²) in [6, 6.07) is 3.50. The zero-order chi connectivity index (χ0) is 10.1. The zero-order valence-electron chi connectivity index (χ0n) is 7.37. The lowest BCUT2D eigenvalue weighted by Gasteiger charge is -1.98. The number of aromatic nitrogens is 2. The highest BCUT2D eigenvalue weighted by Gasteiger charge is 2.10. The third-order valence-electron chi connectivity index (χ3n) is 1.79. The maximum Gasteiger partial charge on any atom is 0.364 e. The van der Waals surface area contributed by atoms with Crippen LogP contribution in [0.5, 0.6) is 0 Å². The van der Waals surface area contributed by atoms with Crippen LogP contribution in [0.4, 0.5) is 0 Å². The molecule has 4 nitrogen and oxygen atoms in total. The molecule has 5 heteroatoms. The van der Waals surface area contributed by atoms with E-state index < -0.39 is 5.63 Å². The summed E-state index contributed by atoms with van der Waals surface area (Å²) in [4.78, 5) is 18.2. The molecule has 0 unspecified atom stereocenters. The van der Waals surface area contributed by atoms with Gasteiger partial charge in [0.15, 0.2) is 10.8 Å². The predicted molar refractivity (Wildman–Crippen MR) is 52.3 cm³/mol. The molecular formula is C9H7ClN2O2. The van der Waals surface area contributed by atoms with Gasteiger partial charge in [0.25, 0.3) is 0 Å². The van der Waals surface area contributed by atoms with Gasteiger partial charge in [0, 0.05) is 6.20 Å². The maximum atomic E-state index is 11.4. The van der Waals surface area contributed by atoms with Gasteiger partial charge in [0.2, 0.25) is 0 Å². The Morgan fingerprint density at radius 2 is 2.36 bits per heavy atom. The molecule has 0 amide bonds. The first-order chi connectivity index (χ1) is 6.68. The SMILES string of the molecule is Cc1oc(=O)c(-c2ccc[nH]2)nc1Cl. The predicted octanol–water partition coefficient (Wildman–Crippen LogP) is 1.99. The van der Waals surface area contributed by atoms with Gasteiger partial charge >= 0.3 is 5.63 Å². The van der Waals surface area contributed by atoms with Crippen molar-refractivity contribution in [2.45, 2.75) is 6.92 Å². The monoisotopic (exact) mass is 210 g/mol. The standard InChI is InChI=1S/C9H7ClN2O2/c1-5-8(10)12-7(9(13)14-5)6-3-2-4-11-6/h2-4,11H,1H3. The Kier molecular flexibility index (Phi) is 2.13. The lowest BCUT2D eigenvalue weighted by Crippen LogP contribution is -2.07. The summed E-state index contributed by atoms with van der Waals surface area (Å²) in [6.45, 7) is 1.59. The van der Waals surface area contributed by atoms with Gasteiger partial charge in [0.1, 0.15) is 5.76 Å². The third kappa shape index (κ3) is 1.44. The largest absolute Gasteiger partial charge is 0.423 e. The van der Waals surface area contributed by atoms with E-state index in [0.717, 1.165) is 0 Å². The fraction of sp³-hybridized carbons (Fsp3) is 0.111. The molecule has 0 aliphatic rings. The number of halogens is 1. The van der Waals surface area contributed by atoms with Crippen molar-refractivity contribution >= 4 is 11.6 Å². The molecule has 2 aromatic rings. The van der Waals surface area contributed by atoms with Crippen molar-refractivity contribution in [3.8, 4) is 11.4 Å². The molecule has 72 valence electrons. The molecule has 0 spiro atoms. The Morgan fingerprint density at radius 3 is 3.00 bits per heavy atom. The van der Waals surface area contributed by atoms with Crippen LogP contribution in [0.2, 0.25) is 5.15 Å². The molecular weight excluding hydrogens is 204 g/mol. The number of nitrogens with zero attached hydrogens (tertiary/aromatic N) is 1. The third-order valence-corrected chi connectivity index (χ3v) is 2.14. The first-order valence-electron chi connectivity index (χ1n) is 3.99. The van der Waals surface area contributed by atoms with Crippen molar-refractivity contribution in [2.24, 2.45) is 0 Å². The normalized spacial score (nSPS) is 10.4. The lowest BCUT2D eigenvalue weighted by atomic mass is 10.3. The highest BCUT2D eigenvalue weighted by atomic mass is 35.5. The molecule has 0 radical (unpaired) electrons. The molecule has 2 heterocycles. The van der Waals surface area contributed by atoms with E-state index in [2.05, 4.69) is 9.97 Å². The van der Waals surface area contributed by atoms with Crippen LogP contribution in [0.25, 0.3) is 11.4 Å². The van der Waals surface area contributed by atoms with Crippen molar-refractivity contribution in [3.63, 3.8) is 0 Å². The molecule has 0 fully saturated rings. The van der Waals surface area contributed by atoms with E-state index in [-0.39, 0.29) is 10.8 Å². The number of aryl methyl sites for hydroxylation is 1. The lowest BCUT2D eigenvalue weighted by molar-refractivity contribution is 0.475. The second-order valence-electron chi connectivity index (χ2n) is 2.78. The van der Waals surface area contributed by atoms with Crippen LogP contribution < -0.4 is 5.63 Å². The minimum atomic E-state index is -0.491. The number of nitrogens with one attached hydrogen (secondary N) is 1. The number of hydrogen-bond acceptors (Lipinski definition) is 3. The summed E-state index contributed by atoms with van der Waals surface area (Å²) in [7, 11) is 0. The van der Waals surface area contributed by atoms with Crippen molar-refractivity contribution in [1.82, 2.24) is 9.97 Å². The van der Waals surface area contributed by atoms with Crippen LogP contribution in [0.3, 0.4) is 0 Å². The molecule has 14 heavy (non-hydrogen) atoms. The van der Waals surface area contributed by atoms with Crippen LogP contribution in [-0.4, -0.2) is 9.97 Å².